The van der Waals surface area contributed by atoms with Crippen molar-refractivity contribution in [2.24, 2.45) is 0 Å². The topological polar surface area (TPSA) is 68.0 Å². The Bertz CT molecular complexity index is 787. The van der Waals surface area contributed by atoms with E-state index in [2.05, 4.69) is 15.5 Å². The van der Waals surface area contributed by atoms with Crippen molar-refractivity contribution in [3.63, 3.8) is 0 Å². The van der Waals surface area contributed by atoms with E-state index >= 15 is 0 Å². The summed E-state index contributed by atoms with van der Waals surface area (Å²) in [5, 5.41) is 10.7. The third kappa shape index (κ3) is 3.32. The molecular weight excluding hydrogens is 302 g/mol. The highest BCUT2D eigenvalue weighted by Crippen LogP contribution is 2.21. The van der Waals surface area contributed by atoms with Gasteiger partial charge in [0.1, 0.15) is 0 Å². The molecule has 110 valence electrons. The Hall–Kier alpha value is -2.66. The number of rotatable bonds is 4. The van der Waals surface area contributed by atoms with Crippen molar-refractivity contribution in [3.8, 4) is 0 Å². The van der Waals surface area contributed by atoms with Gasteiger partial charge in [-0.15, -0.1) is 10.2 Å². The second kappa shape index (κ2) is 6.41. The summed E-state index contributed by atoms with van der Waals surface area (Å²) in [5.74, 6) is -0.193. The van der Waals surface area contributed by atoms with Gasteiger partial charge in [-0.2, -0.15) is 0 Å². The molecule has 1 N–H and O–H groups in total. The molecule has 22 heavy (non-hydrogen) atoms. The van der Waals surface area contributed by atoms with Gasteiger partial charge in [0.05, 0.1) is 17.1 Å². The fraction of sp³-hybridized carbons (Fsp3) is 0.0625. The van der Waals surface area contributed by atoms with Gasteiger partial charge in [-0.05, 0) is 17.7 Å². The average molecular weight is 314 g/mol. The highest BCUT2D eigenvalue weighted by molar-refractivity contribution is 6.33. The smallest absolute Gasteiger partial charge is 0.313 e. The summed E-state index contributed by atoms with van der Waals surface area (Å²) in [7, 11) is 0. The minimum atomic E-state index is -0.486. The molecule has 0 atom stereocenters. The molecule has 2 aromatic carbocycles. The van der Waals surface area contributed by atoms with Gasteiger partial charge in [0, 0.05) is 0 Å². The number of hydrogen-bond acceptors (Lipinski definition) is 4. The summed E-state index contributed by atoms with van der Waals surface area (Å²) >= 11 is 5.99. The lowest BCUT2D eigenvalue weighted by Gasteiger charge is -2.03. The highest BCUT2D eigenvalue weighted by atomic mass is 35.5. The Labute approximate surface area is 131 Å². The van der Waals surface area contributed by atoms with Crippen molar-refractivity contribution in [1.29, 1.82) is 0 Å². The van der Waals surface area contributed by atoms with Crippen LogP contribution in [0.3, 0.4) is 0 Å². The standard InChI is InChI=1S/C16H12ClN3O2/c17-12-8-4-5-9-13(12)18-15(21)16-20-19-14(22-16)10-11-6-2-1-3-7-11/h1-9H,10H2,(H,18,21). The Kier molecular flexibility index (Phi) is 4.16. The molecule has 0 saturated carbocycles. The average Bonchev–Trinajstić information content (AvgIpc) is 2.99. The molecule has 1 amide bonds. The van der Waals surface area contributed by atoms with Crippen LogP contribution in [0.15, 0.2) is 59.0 Å². The lowest BCUT2D eigenvalue weighted by Crippen LogP contribution is -2.12. The van der Waals surface area contributed by atoms with Crippen molar-refractivity contribution in [3.05, 3.63) is 77.0 Å². The molecule has 3 aromatic rings. The van der Waals surface area contributed by atoms with Crippen molar-refractivity contribution >= 4 is 23.2 Å². The van der Waals surface area contributed by atoms with Crippen LogP contribution in [0.4, 0.5) is 5.69 Å². The van der Waals surface area contributed by atoms with Crippen LogP contribution in [0.1, 0.15) is 22.1 Å². The van der Waals surface area contributed by atoms with Gasteiger partial charge >= 0.3 is 11.8 Å². The fourth-order valence-electron chi connectivity index (χ4n) is 1.93. The van der Waals surface area contributed by atoms with Crippen LogP contribution in [-0.4, -0.2) is 16.1 Å². The van der Waals surface area contributed by atoms with Gasteiger partial charge in [-0.25, -0.2) is 0 Å². The van der Waals surface area contributed by atoms with E-state index in [4.69, 9.17) is 16.0 Å². The van der Waals surface area contributed by atoms with Crippen molar-refractivity contribution in [2.75, 3.05) is 5.32 Å². The van der Waals surface area contributed by atoms with E-state index in [0.29, 0.717) is 23.0 Å². The van der Waals surface area contributed by atoms with E-state index in [1.165, 1.54) is 0 Å². The van der Waals surface area contributed by atoms with E-state index in [1.807, 2.05) is 30.3 Å². The van der Waals surface area contributed by atoms with Gasteiger partial charge < -0.3 is 9.73 Å². The number of halogens is 1. The van der Waals surface area contributed by atoms with Crippen LogP contribution in [0.25, 0.3) is 0 Å². The van der Waals surface area contributed by atoms with Crippen molar-refractivity contribution in [2.45, 2.75) is 6.42 Å². The molecule has 0 aliphatic carbocycles. The third-order valence-electron chi connectivity index (χ3n) is 2.98. The molecule has 0 fully saturated rings. The van der Waals surface area contributed by atoms with Crippen LogP contribution in [0.5, 0.6) is 0 Å². The van der Waals surface area contributed by atoms with Crippen molar-refractivity contribution in [1.82, 2.24) is 10.2 Å². The maximum Gasteiger partial charge on any atom is 0.313 e. The Morgan fingerprint density at radius 3 is 2.55 bits per heavy atom. The normalized spacial score (nSPS) is 10.4. The number of benzene rings is 2. The monoisotopic (exact) mass is 313 g/mol. The molecule has 1 aromatic heterocycles. The first-order chi connectivity index (χ1) is 10.7. The number of nitrogens with zero attached hydrogens (tertiary/aromatic N) is 2. The lowest BCUT2D eigenvalue weighted by molar-refractivity contribution is 0.0988. The second-order valence-corrected chi connectivity index (χ2v) is 5.00. The van der Waals surface area contributed by atoms with Gasteiger partial charge in [0.15, 0.2) is 0 Å². The largest absolute Gasteiger partial charge is 0.417 e. The van der Waals surface area contributed by atoms with Crippen LogP contribution in [0, 0.1) is 0 Å². The first-order valence-corrected chi connectivity index (χ1v) is 7.02. The zero-order chi connectivity index (χ0) is 15.4. The maximum atomic E-state index is 12.1. The Morgan fingerprint density at radius 2 is 1.77 bits per heavy atom. The summed E-state index contributed by atoms with van der Waals surface area (Å²) in [5.41, 5.74) is 1.53. The SMILES string of the molecule is O=C(Nc1ccccc1Cl)c1nnc(Cc2ccccc2)o1. The van der Waals surface area contributed by atoms with E-state index in [0.717, 1.165) is 5.56 Å². The van der Waals surface area contributed by atoms with Gasteiger partial charge in [0.2, 0.25) is 5.89 Å². The maximum absolute atomic E-state index is 12.1. The number of amides is 1. The van der Waals surface area contributed by atoms with Crippen molar-refractivity contribution < 1.29 is 9.21 Å². The van der Waals surface area contributed by atoms with Gasteiger partial charge in [-0.1, -0.05) is 54.1 Å². The molecule has 0 radical (unpaired) electrons. The Balaban J connectivity index is 1.71. The Morgan fingerprint density at radius 1 is 1.05 bits per heavy atom. The highest BCUT2D eigenvalue weighted by Gasteiger charge is 2.16. The summed E-state index contributed by atoms with van der Waals surface area (Å²) in [4.78, 5) is 12.1. The van der Waals surface area contributed by atoms with E-state index in [1.54, 1.807) is 24.3 Å². The zero-order valence-electron chi connectivity index (χ0n) is 11.5. The first kappa shape index (κ1) is 14.3. The van der Waals surface area contributed by atoms with Gasteiger partial charge in [-0.3, -0.25) is 4.79 Å². The molecule has 0 aliphatic heterocycles. The number of carbonyl (C=O) groups is 1. The van der Waals surface area contributed by atoms with Crippen LogP contribution >= 0.6 is 11.6 Å². The molecule has 0 unspecified atom stereocenters. The number of nitrogens with one attached hydrogen (secondary N) is 1. The first-order valence-electron chi connectivity index (χ1n) is 6.64. The van der Waals surface area contributed by atoms with E-state index in [9.17, 15) is 4.79 Å². The molecule has 1 heterocycles. The number of anilines is 1. The molecule has 5 nitrogen and oxygen atoms in total. The molecule has 0 bridgehead atoms. The molecule has 0 saturated heterocycles. The minimum Gasteiger partial charge on any atom is -0.417 e. The number of para-hydroxylation sites is 1. The summed E-state index contributed by atoms with van der Waals surface area (Å²) in [6.45, 7) is 0. The number of aromatic nitrogens is 2. The second-order valence-electron chi connectivity index (χ2n) is 4.60. The quantitative estimate of drug-likeness (QED) is 0.799. The molecule has 0 aliphatic rings. The van der Waals surface area contributed by atoms with Crippen LogP contribution in [-0.2, 0) is 6.42 Å². The molecule has 0 spiro atoms. The summed E-state index contributed by atoms with van der Waals surface area (Å²) < 4.78 is 5.38. The zero-order valence-corrected chi connectivity index (χ0v) is 12.2. The summed E-state index contributed by atoms with van der Waals surface area (Å²) in [6.07, 6.45) is 0.479. The van der Waals surface area contributed by atoms with Gasteiger partial charge in [0.25, 0.3) is 0 Å². The van der Waals surface area contributed by atoms with E-state index in [-0.39, 0.29) is 5.89 Å². The minimum absolute atomic E-state index is 0.0918. The lowest BCUT2D eigenvalue weighted by atomic mass is 10.2. The van der Waals surface area contributed by atoms with Crippen LogP contribution < -0.4 is 5.32 Å². The molecule has 3 rings (SSSR count). The van der Waals surface area contributed by atoms with E-state index < -0.39 is 5.91 Å². The number of hydrogen-bond donors (Lipinski definition) is 1. The molecule has 6 heteroatoms. The predicted molar refractivity (Wildman–Crippen MR) is 83.0 cm³/mol. The number of carbonyl (C=O) groups excluding carboxylic acids is 1. The predicted octanol–water partition coefficient (Wildman–Crippen LogP) is 3.57. The van der Waals surface area contributed by atoms with Crippen LogP contribution in [0.2, 0.25) is 5.02 Å². The fourth-order valence-corrected chi connectivity index (χ4v) is 2.11. The summed E-state index contributed by atoms with van der Waals surface area (Å²) in [6, 6.07) is 16.6. The molecular formula is C16H12ClN3O2. The third-order valence-corrected chi connectivity index (χ3v) is 3.31.